The summed E-state index contributed by atoms with van der Waals surface area (Å²) in [7, 11) is 1.28. The Morgan fingerprint density at radius 3 is 2.69 bits per heavy atom. The van der Waals surface area contributed by atoms with E-state index in [4.69, 9.17) is 9.57 Å². The number of methoxy groups -OCH3 is 1. The number of fused-ring (bicyclic) bond motifs is 5. The molecule has 0 aromatic heterocycles. The first-order valence-electron chi connectivity index (χ1n) is 13.3. The highest BCUT2D eigenvalue weighted by molar-refractivity contribution is 5.96. The number of aliphatic hydroxyl groups is 2. The van der Waals surface area contributed by atoms with Crippen LogP contribution in [0.3, 0.4) is 0 Å². The van der Waals surface area contributed by atoms with Crippen molar-refractivity contribution in [2.24, 2.45) is 33.7 Å². The quantitative estimate of drug-likeness (QED) is 0.465. The number of likely N-dealkylation sites (tertiary alicyclic amines) is 1. The number of β-amino-alcohol motifs (C(OH)–C–C–N with tert-alkyl or cyclic N) is 1. The fraction of sp³-hybridized carbons (Fsp3) is 0.815. The number of allylic oxidation sites excluding steroid dienone is 2. The highest BCUT2D eigenvalue weighted by atomic mass is 16.6. The number of amides is 1. The predicted octanol–water partition coefficient (Wildman–Crippen LogP) is 2.82. The number of ether oxygens (including phenoxy) is 1. The summed E-state index contributed by atoms with van der Waals surface area (Å²) < 4.78 is 4.76. The molecule has 2 N–H and O–H groups in total. The second kappa shape index (κ2) is 9.18. The van der Waals surface area contributed by atoms with Crippen molar-refractivity contribution in [3.63, 3.8) is 0 Å². The molecule has 0 unspecified atom stereocenters. The molecule has 35 heavy (non-hydrogen) atoms. The molecular weight excluding hydrogens is 448 g/mol. The minimum absolute atomic E-state index is 0.0959. The lowest BCUT2D eigenvalue weighted by atomic mass is 9.47. The second-order valence-corrected chi connectivity index (χ2v) is 12.0. The number of hydrogen-bond acceptors (Lipinski definition) is 7. The summed E-state index contributed by atoms with van der Waals surface area (Å²) in [5, 5.41) is 24.8. The van der Waals surface area contributed by atoms with Gasteiger partial charge in [0.15, 0.2) is 6.61 Å². The normalized spacial score (nSPS) is 43.7. The molecule has 4 fully saturated rings. The van der Waals surface area contributed by atoms with Gasteiger partial charge < -0.3 is 24.7 Å². The van der Waals surface area contributed by atoms with E-state index in [0.717, 1.165) is 44.2 Å². The Bertz CT molecular complexity index is 933. The predicted molar refractivity (Wildman–Crippen MR) is 129 cm³/mol. The maximum absolute atomic E-state index is 12.6. The highest BCUT2D eigenvalue weighted by Crippen LogP contribution is 2.65. The van der Waals surface area contributed by atoms with E-state index >= 15 is 0 Å². The lowest BCUT2D eigenvalue weighted by molar-refractivity contribution is -0.152. The van der Waals surface area contributed by atoms with Crippen LogP contribution in [0.15, 0.2) is 16.8 Å². The topological polar surface area (TPSA) is 109 Å². The monoisotopic (exact) mass is 488 g/mol. The van der Waals surface area contributed by atoms with Gasteiger partial charge in [-0.1, -0.05) is 24.6 Å². The lowest BCUT2D eigenvalue weighted by Gasteiger charge is -2.57. The molecule has 8 atom stereocenters. The van der Waals surface area contributed by atoms with Crippen molar-refractivity contribution >= 4 is 17.6 Å². The number of oxime groups is 1. The van der Waals surface area contributed by atoms with E-state index in [-0.39, 0.29) is 42.4 Å². The summed E-state index contributed by atoms with van der Waals surface area (Å²) in [4.78, 5) is 31.3. The fourth-order valence-corrected chi connectivity index (χ4v) is 8.32. The molecule has 8 nitrogen and oxygen atoms in total. The zero-order chi connectivity index (χ0) is 25.0. The van der Waals surface area contributed by atoms with E-state index in [9.17, 15) is 19.8 Å². The fourth-order valence-electron chi connectivity index (χ4n) is 8.32. The van der Waals surface area contributed by atoms with Crippen molar-refractivity contribution in [2.75, 3.05) is 20.3 Å². The van der Waals surface area contributed by atoms with Gasteiger partial charge in [0.05, 0.1) is 25.0 Å². The molecule has 5 rings (SSSR count). The van der Waals surface area contributed by atoms with Crippen LogP contribution < -0.4 is 0 Å². The van der Waals surface area contributed by atoms with Gasteiger partial charge in [0.1, 0.15) is 6.04 Å². The zero-order valence-corrected chi connectivity index (χ0v) is 21.2. The molecule has 5 aliphatic rings. The minimum Gasteiger partial charge on any atom is -0.467 e. The molecule has 0 aromatic carbocycles. The molecule has 3 saturated carbocycles. The molecule has 4 aliphatic carbocycles. The average Bonchev–Trinajstić information content (AvgIpc) is 3.38. The Labute approximate surface area is 207 Å². The Morgan fingerprint density at radius 2 is 1.91 bits per heavy atom. The molecule has 8 heteroatoms. The Balaban J connectivity index is 1.23. The van der Waals surface area contributed by atoms with Crippen molar-refractivity contribution in [1.82, 2.24) is 4.90 Å². The van der Waals surface area contributed by atoms with Gasteiger partial charge in [-0.05, 0) is 86.0 Å². The highest BCUT2D eigenvalue weighted by Gasteiger charge is 2.58. The summed E-state index contributed by atoms with van der Waals surface area (Å²) in [6.45, 7) is 4.58. The first kappa shape index (κ1) is 24.8. The SMILES string of the molecule is COC(=O)[C@@H]1C[C@H](O)CN1C(=O)CON=C1C=C2CC[C@H]3[C@@H](CC[C@]4(C)[C@@H](O)CC[C@@H]34)[C@@]2(C)CC1. The molecule has 0 bridgehead atoms. The van der Waals surface area contributed by atoms with Crippen LogP contribution >= 0.6 is 0 Å². The van der Waals surface area contributed by atoms with Crippen LogP contribution in [0.1, 0.15) is 71.6 Å². The van der Waals surface area contributed by atoms with Crippen LogP contribution in [0.2, 0.25) is 0 Å². The van der Waals surface area contributed by atoms with E-state index in [0.29, 0.717) is 17.8 Å². The summed E-state index contributed by atoms with van der Waals surface area (Å²) in [6.07, 6.45) is 9.99. The molecule has 0 radical (unpaired) electrons. The Hall–Kier alpha value is -1.93. The minimum atomic E-state index is -0.773. The van der Waals surface area contributed by atoms with Gasteiger partial charge in [-0.3, -0.25) is 4.79 Å². The van der Waals surface area contributed by atoms with Crippen LogP contribution in [-0.2, 0) is 19.2 Å². The van der Waals surface area contributed by atoms with E-state index < -0.39 is 18.1 Å². The standard InChI is InChI=1S/C27H40N2O6/c1-26-10-8-17(28-35-15-24(32)29-14-18(30)13-22(29)25(33)34-3)12-16(26)4-5-19-20-6-7-23(31)27(20,2)11-9-21(19)26/h12,18-23,30-31H,4-11,13-15H2,1-3H3/t18-,19+,20-,21+,22-,23-,26-,27-/m0/s1. The third kappa shape index (κ3) is 4.10. The number of carbonyl (C=O) groups excluding carboxylic acids is 2. The summed E-state index contributed by atoms with van der Waals surface area (Å²) in [5.41, 5.74) is 2.59. The van der Waals surface area contributed by atoms with Crippen LogP contribution in [0, 0.1) is 28.6 Å². The van der Waals surface area contributed by atoms with Crippen molar-refractivity contribution in [2.45, 2.75) is 89.9 Å². The molecule has 0 spiro atoms. The zero-order valence-electron chi connectivity index (χ0n) is 21.2. The third-order valence-corrected chi connectivity index (χ3v) is 10.4. The van der Waals surface area contributed by atoms with Crippen LogP contribution in [-0.4, -0.2) is 71.2 Å². The van der Waals surface area contributed by atoms with Gasteiger partial charge in [0, 0.05) is 13.0 Å². The van der Waals surface area contributed by atoms with Gasteiger partial charge in [0.2, 0.25) is 0 Å². The van der Waals surface area contributed by atoms with Crippen molar-refractivity contribution in [3.8, 4) is 0 Å². The van der Waals surface area contributed by atoms with E-state index in [1.54, 1.807) is 0 Å². The summed E-state index contributed by atoms with van der Waals surface area (Å²) in [5.74, 6) is 1.09. The van der Waals surface area contributed by atoms with Gasteiger partial charge in [-0.2, -0.15) is 0 Å². The molecule has 1 aliphatic heterocycles. The Kier molecular flexibility index (Phi) is 6.49. The van der Waals surface area contributed by atoms with Gasteiger partial charge in [-0.25, -0.2) is 4.79 Å². The summed E-state index contributed by atoms with van der Waals surface area (Å²) >= 11 is 0. The largest absolute Gasteiger partial charge is 0.467 e. The number of rotatable bonds is 4. The molecule has 1 saturated heterocycles. The smallest absolute Gasteiger partial charge is 0.328 e. The molecule has 1 heterocycles. The first-order valence-corrected chi connectivity index (χ1v) is 13.3. The number of hydrogen-bond donors (Lipinski definition) is 2. The van der Waals surface area contributed by atoms with Crippen molar-refractivity contribution < 1.29 is 29.4 Å². The van der Waals surface area contributed by atoms with E-state index in [2.05, 4.69) is 25.1 Å². The van der Waals surface area contributed by atoms with Crippen molar-refractivity contribution in [3.05, 3.63) is 11.6 Å². The van der Waals surface area contributed by atoms with E-state index in [1.165, 1.54) is 30.4 Å². The third-order valence-electron chi connectivity index (χ3n) is 10.4. The maximum Gasteiger partial charge on any atom is 0.328 e. The van der Waals surface area contributed by atoms with Gasteiger partial charge in [-0.15, -0.1) is 0 Å². The average molecular weight is 489 g/mol. The van der Waals surface area contributed by atoms with Crippen LogP contribution in [0.25, 0.3) is 0 Å². The number of aliphatic hydroxyl groups excluding tert-OH is 2. The first-order chi connectivity index (χ1) is 16.7. The second-order valence-electron chi connectivity index (χ2n) is 12.0. The molecule has 194 valence electrons. The Morgan fingerprint density at radius 1 is 1.11 bits per heavy atom. The van der Waals surface area contributed by atoms with Gasteiger partial charge in [0.25, 0.3) is 5.91 Å². The lowest BCUT2D eigenvalue weighted by Crippen LogP contribution is -2.51. The number of carbonyl (C=O) groups is 2. The molecule has 1 amide bonds. The number of esters is 1. The molecular formula is C27H40N2O6. The van der Waals surface area contributed by atoms with Crippen molar-refractivity contribution in [1.29, 1.82) is 0 Å². The number of nitrogens with zero attached hydrogens (tertiary/aromatic N) is 2. The maximum atomic E-state index is 12.6. The summed E-state index contributed by atoms with van der Waals surface area (Å²) in [6, 6.07) is -0.773. The molecule has 0 aromatic rings. The van der Waals surface area contributed by atoms with Crippen LogP contribution in [0.4, 0.5) is 0 Å². The van der Waals surface area contributed by atoms with Crippen LogP contribution in [0.5, 0.6) is 0 Å². The van der Waals surface area contributed by atoms with E-state index in [1.807, 2.05) is 0 Å². The van der Waals surface area contributed by atoms with Gasteiger partial charge >= 0.3 is 5.97 Å².